The highest BCUT2D eigenvalue weighted by molar-refractivity contribution is 14.0. The van der Waals surface area contributed by atoms with Crippen molar-refractivity contribution in [2.75, 3.05) is 0 Å². The van der Waals surface area contributed by atoms with Gasteiger partial charge in [0.15, 0.2) is 11.8 Å². The third-order valence-corrected chi connectivity index (χ3v) is 3.94. The number of hydrogen-bond acceptors (Lipinski definition) is 4. The molecule has 0 aliphatic rings. The van der Waals surface area contributed by atoms with Crippen molar-refractivity contribution in [2.45, 2.75) is 46.3 Å². The Balaban J connectivity index is 0.00000264. The van der Waals surface area contributed by atoms with Gasteiger partial charge in [-0.15, -0.1) is 45.5 Å². The molecular weight excluding hydrogens is 423 g/mol. The Labute approximate surface area is 158 Å². The fraction of sp³-hybridized carbons (Fsp3) is 0.533. The summed E-state index contributed by atoms with van der Waals surface area (Å²) < 4.78 is 1.96. The molecule has 0 aliphatic heterocycles. The lowest BCUT2D eigenvalue weighted by Crippen LogP contribution is -2.47. The minimum Gasteiger partial charge on any atom is -0.352 e. The van der Waals surface area contributed by atoms with Crippen LogP contribution in [0.3, 0.4) is 0 Å². The first kappa shape index (κ1) is 19.9. The van der Waals surface area contributed by atoms with Gasteiger partial charge >= 0.3 is 0 Å². The van der Waals surface area contributed by atoms with Crippen LogP contribution >= 0.6 is 35.3 Å². The molecule has 0 saturated carbocycles. The first-order valence-corrected chi connectivity index (χ1v) is 8.17. The Morgan fingerprint density at radius 3 is 2.61 bits per heavy atom. The zero-order chi connectivity index (χ0) is 16.2. The molecule has 2 rings (SSSR count). The van der Waals surface area contributed by atoms with Crippen LogP contribution in [0.1, 0.15) is 37.3 Å². The summed E-state index contributed by atoms with van der Waals surface area (Å²) in [7, 11) is 1.95. The van der Waals surface area contributed by atoms with E-state index in [2.05, 4.69) is 64.1 Å². The highest BCUT2D eigenvalue weighted by atomic mass is 127. The van der Waals surface area contributed by atoms with Crippen molar-refractivity contribution in [1.29, 1.82) is 0 Å². The summed E-state index contributed by atoms with van der Waals surface area (Å²) in [6, 6.07) is 4.16. The molecule has 0 radical (unpaired) electrons. The van der Waals surface area contributed by atoms with Gasteiger partial charge in [-0.2, -0.15) is 0 Å². The van der Waals surface area contributed by atoms with Crippen LogP contribution in [0.5, 0.6) is 0 Å². The number of thiophene rings is 1. The second-order valence-corrected chi connectivity index (χ2v) is 7.23. The predicted molar refractivity (Wildman–Crippen MR) is 106 cm³/mol. The average Bonchev–Trinajstić information content (AvgIpc) is 3.04. The van der Waals surface area contributed by atoms with Gasteiger partial charge < -0.3 is 15.2 Å². The molecule has 2 N–H and O–H groups in total. The van der Waals surface area contributed by atoms with Gasteiger partial charge in [0, 0.05) is 17.5 Å². The summed E-state index contributed by atoms with van der Waals surface area (Å²) in [5.41, 5.74) is -0.0584. The summed E-state index contributed by atoms with van der Waals surface area (Å²) in [4.78, 5) is 5.90. The quantitative estimate of drug-likeness (QED) is 0.429. The van der Waals surface area contributed by atoms with Gasteiger partial charge in [0.05, 0.1) is 6.54 Å². The first-order valence-electron chi connectivity index (χ1n) is 7.29. The maximum atomic E-state index is 4.63. The maximum Gasteiger partial charge on any atom is 0.192 e. The molecule has 0 spiro atoms. The molecule has 128 valence electrons. The standard InChI is InChI=1S/C15H24N6S.HI/c1-11-19-20-13(21(11)5)10-17-14(18-15(2,3)4)16-9-12-7-6-8-22-12;/h6-8H,9-10H2,1-5H3,(H2,16,17,18);1H. The van der Waals surface area contributed by atoms with E-state index in [1.54, 1.807) is 11.3 Å². The molecule has 0 bridgehead atoms. The largest absolute Gasteiger partial charge is 0.352 e. The molecule has 0 aromatic carbocycles. The van der Waals surface area contributed by atoms with Crippen LogP contribution in [-0.4, -0.2) is 26.3 Å². The van der Waals surface area contributed by atoms with E-state index in [0.717, 1.165) is 24.2 Å². The monoisotopic (exact) mass is 448 g/mol. The molecule has 8 heteroatoms. The van der Waals surface area contributed by atoms with Crippen molar-refractivity contribution in [1.82, 2.24) is 25.4 Å². The van der Waals surface area contributed by atoms with Gasteiger partial charge in [0.2, 0.25) is 0 Å². The number of aryl methyl sites for hydroxylation is 1. The summed E-state index contributed by atoms with van der Waals surface area (Å²) in [6.45, 7) is 9.53. The summed E-state index contributed by atoms with van der Waals surface area (Å²) in [6.07, 6.45) is 0. The second-order valence-electron chi connectivity index (χ2n) is 6.20. The van der Waals surface area contributed by atoms with E-state index in [-0.39, 0.29) is 29.5 Å². The van der Waals surface area contributed by atoms with Gasteiger partial charge in [-0.1, -0.05) is 6.07 Å². The first-order chi connectivity index (χ1) is 10.3. The Kier molecular flexibility index (Phi) is 7.46. The predicted octanol–water partition coefficient (Wildman–Crippen LogP) is 2.84. The number of aromatic nitrogens is 3. The van der Waals surface area contributed by atoms with E-state index < -0.39 is 0 Å². The van der Waals surface area contributed by atoms with Gasteiger partial charge in [-0.05, 0) is 39.1 Å². The number of aliphatic imine (C=N–C) groups is 1. The molecule has 0 unspecified atom stereocenters. The van der Waals surface area contributed by atoms with Crippen molar-refractivity contribution in [2.24, 2.45) is 12.0 Å². The zero-order valence-electron chi connectivity index (χ0n) is 14.3. The van der Waals surface area contributed by atoms with Crippen molar-refractivity contribution in [3.63, 3.8) is 0 Å². The number of guanidine groups is 1. The summed E-state index contributed by atoms with van der Waals surface area (Å²) in [5, 5.41) is 17.1. The Morgan fingerprint density at radius 2 is 2.09 bits per heavy atom. The molecule has 0 amide bonds. The Hall–Kier alpha value is -1.16. The van der Waals surface area contributed by atoms with Crippen LogP contribution < -0.4 is 10.6 Å². The van der Waals surface area contributed by atoms with Crippen LogP contribution in [0, 0.1) is 6.92 Å². The summed E-state index contributed by atoms with van der Waals surface area (Å²) >= 11 is 1.73. The van der Waals surface area contributed by atoms with Gasteiger partial charge in [0.1, 0.15) is 12.4 Å². The van der Waals surface area contributed by atoms with E-state index in [0.29, 0.717) is 6.54 Å². The SMILES string of the molecule is Cc1nnc(CN=C(NCc2cccs2)NC(C)(C)C)n1C.I. The molecule has 0 fully saturated rings. The number of hydrogen-bond donors (Lipinski definition) is 2. The highest BCUT2D eigenvalue weighted by Crippen LogP contribution is 2.08. The Morgan fingerprint density at radius 1 is 1.35 bits per heavy atom. The van der Waals surface area contributed by atoms with E-state index in [1.165, 1.54) is 4.88 Å². The molecule has 2 aromatic rings. The zero-order valence-corrected chi connectivity index (χ0v) is 17.4. The van der Waals surface area contributed by atoms with Crippen LogP contribution in [0.15, 0.2) is 22.5 Å². The lowest BCUT2D eigenvalue weighted by Gasteiger charge is -2.24. The van der Waals surface area contributed by atoms with Crippen molar-refractivity contribution < 1.29 is 0 Å². The topological polar surface area (TPSA) is 67.1 Å². The lowest BCUT2D eigenvalue weighted by atomic mass is 10.1. The van der Waals surface area contributed by atoms with Gasteiger partial charge in [-0.25, -0.2) is 4.99 Å². The van der Waals surface area contributed by atoms with Crippen LogP contribution in [0.4, 0.5) is 0 Å². The smallest absolute Gasteiger partial charge is 0.192 e. The normalized spacial score (nSPS) is 12.0. The molecule has 0 saturated heterocycles. The summed E-state index contributed by atoms with van der Waals surface area (Å²) in [5.74, 6) is 2.52. The third kappa shape index (κ3) is 6.46. The molecule has 2 heterocycles. The van der Waals surface area contributed by atoms with Gasteiger partial charge in [-0.3, -0.25) is 0 Å². The highest BCUT2D eigenvalue weighted by Gasteiger charge is 2.13. The molecule has 2 aromatic heterocycles. The molecule has 0 atom stereocenters. The van der Waals surface area contributed by atoms with E-state index >= 15 is 0 Å². The number of halogens is 1. The minimum atomic E-state index is -0.0584. The number of rotatable bonds is 4. The number of nitrogens with zero attached hydrogens (tertiary/aromatic N) is 4. The van der Waals surface area contributed by atoms with Gasteiger partial charge in [0.25, 0.3) is 0 Å². The second kappa shape index (κ2) is 8.62. The van der Waals surface area contributed by atoms with Crippen molar-refractivity contribution in [3.8, 4) is 0 Å². The van der Waals surface area contributed by atoms with Crippen LogP contribution in [0.2, 0.25) is 0 Å². The number of nitrogens with one attached hydrogen (secondary N) is 2. The third-order valence-electron chi connectivity index (χ3n) is 3.06. The van der Waals surface area contributed by atoms with Crippen LogP contribution in [0.25, 0.3) is 0 Å². The fourth-order valence-corrected chi connectivity index (χ4v) is 2.46. The molecular formula is C15H25IN6S. The minimum absolute atomic E-state index is 0. The lowest BCUT2D eigenvalue weighted by molar-refractivity contribution is 0.500. The molecule has 23 heavy (non-hydrogen) atoms. The van der Waals surface area contributed by atoms with Crippen LogP contribution in [-0.2, 0) is 20.1 Å². The maximum absolute atomic E-state index is 4.63. The van der Waals surface area contributed by atoms with E-state index in [4.69, 9.17) is 0 Å². The van der Waals surface area contributed by atoms with E-state index in [9.17, 15) is 0 Å². The Bertz CT molecular complexity index is 627. The van der Waals surface area contributed by atoms with Crippen molar-refractivity contribution >= 4 is 41.3 Å². The van der Waals surface area contributed by atoms with E-state index in [1.807, 2.05) is 18.5 Å². The molecule has 0 aliphatic carbocycles. The fourth-order valence-electron chi connectivity index (χ4n) is 1.82. The molecule has 6 nitrogen and oxygen atoms in total. The average molecular weight is 448 g/mol. The van der Waals surface area contributed by atoms with Crippen molar-refractivity contribution in [3.05, 3.63) is 34.0 Å².